The van der Waals surface area contributed by atoms with Crippen LogP contribution in [0, 0.1) is 0 Å². The van der Waals surface area contributed by atoms with E-state index in [9.17, 15) is 15.0 Å². The molecule has 0 radical (unpaired) electrons. The highest BCUT2D eigenvalue weighted by atomic mass is 35.5. The summed E-state index contributed by atoms with van der Waals surface area (Å²) in [5.74, 6) is 0.0226. The number of phenolic OH excluding ortho intramolecular Hbond substituents is 2. The Hall–Kier alpha value is -2.99. The number of carbonyl (C=O) groups is 1. The lowest BCUT2D eigenvalue weighted by Gasteiger charge is -2.26. The van der Waals surface area contributed by atoms with E-state index in [1.807, 2.05) is 6.07 Å². The zero-order valence-electron chi connectivity index (χ0n) is 15.3. The lowest BCUT2D eigenvalue weighted by atomic mass is 9.95. The summed E-state index contributed by atoms with van der Waals surface area (Å²) in [6.45, 7) is 2.65. The van der Waals surface area contributed by atoms with Crippen LogP contribution in [0.1, 0.15) is 47.4 Å². The third-order valence-corrected chi connectivity index (χ3v) is 5.25. The lowest BCUT2D eigenvalue weighted by molar-refractivity contribution is 0.0741. The van der Waals surface area contributed by atoms with Gasteiger partial charge in [0.1, 0.15) is 22.9 Å². The number of amides is 1. The number of H-pyrrole nitrogens is 1. The molecule has 2 heterocycles. The van der Waals surface area contributed by atoms with E-state index in [1.165, 1.54) is 6.07 Å². The summed E-state index contributed by atoms with van der Waals surface area (Å²) < 4.78 is 0. The Morgan fingerprint density at radius 1 is 1.21 bits per heavy atom. The fourth-order valence-electron chi connectivity index (χ4n) is 3.70. The highest BCUT2D eigenvalue weighted by molar-refractivity contribution is 6.31. The molecule has 4 rings (SSSR count). The Kier molecular flexibility index (Phi) is 4.73. The van der Waals surface area contributed by atoms with Crippen molar-refractivity contribution in [3.8, 4) is 22.8 Å². The Morgan fingerprint density at radius 2 is 2.04 bits per heavy atom. The maximum Gasteiger partial charge on any atom is 0.273 e. The molecule has 0 saturated heterocycles. The number of unbranched alkanes of at least 4 members (excludes halogenated alkanes) is 1. The summed E-state index contributed by atoms with van der Waals surface area (Å²) in [4.78, 5) is 14.9. The van der Waals surface area contributed by atoms with Crippen molar-refractivity contribution >= 4 is 17.5 Å². The van der Waals surface area contributed by atoms with Crippen LogP contribution in [-0.4, -0.2) is 37.8 Å². The average Bonchev–Trinajstić information content (AvgIpc) is 3.21. The van der Waals surface area contributed by atoms with Gasteiger partial charge in [0.15, 0.2) is 0 Å². The molecule has 1 unspecified atom stereocenters. The molecule has 2 aromatic carbocycles. The number of fused-ring (bicyclic) bond motifs is 1. The van der Waals surface area contributed by atoms with Crippen molar-refractivity contribution in [3.05, 3.63) is 64.3 Å². The van der Waals surface area contributed by atoms with Gasteiger partial charge in [-0.3, -0.25) is 9.89 Å². The standard InChI is InChI=1S/C21H20ClN3O3/c1-2-3-9-25-20(12-5-4-6-14(26)10-12)17-18(23-24-19(17)21(25)28)15-11-13(22)7-8-16(15)27/h4-8,10-11,20,26-27H,2-3,9H2,1H3,(H,23,24). The number of carbonyl (C=O) groups excluding carboxylic acids is 1. The maximum atomic E-state index is 13.1. The molecule has 0 fully saturated rings. The van der Waals surface area contributed by atoms with E-state index in [0.717, 1.165) is 18.4 Å². The second-order valence-electron chi connectivity index (χ2n) is 6.87. The fraction of sp³-hybridized carbons (Fsp3) is 0.238. The van der Waals surface area contributed by atoms with E-state index in [4.69, 9.17) is 11.6 Å². The van der Waals surface area contributed by atoms with Crippen LogP contribution in [0.15, 0.2) is 42.5 Å². The van der Waals surface area contributed by atoms with Crippen molar-refractivity contribution in [2.24, 2.45) is 0 Å². The normalized spacial score (nSPS) is 15.9. The summed E-state index contributed by atoms with van der Waals surface area (Å²) in [7, 11) is 0. The first-order valence-electron chi connectivity index (χ1n) is 9.18. The molecule has 144 valence electrons. The molecule has 1 amide bonds. The van der Waals surface area contributed by atoms with E-state index in [2.05, 4.69) is 17.1 Å². The quantitative estimate of drug-likeness (QED) is 0.591. The number of nitrogens with zero attached hydrogens (tertiary/aromatic N) is 2. The molecule has 6 nitrogen and oxygen atoms in total. The van der Waals surface area contributed by atoms with Crippen LogP contribution in [0.4, 0.5) is 0 Å². The van der Waals surface area contributed by atoms with Gasteiger partial charge in [-0.1, -0.05) is 37.1 Å². The number of hydrogen-bond donors (Lipinski definition) is 3. The zero-order chi connectivity index (χ0) is 19.8. The van der Waals surface area contributed by atoms with Gasteiger partial charge >= 0.3 is 0 Å². The molecule has 7 heteroatoms. The topological polar surface area (TPSA) is 89.5 Å². The first-order chi connectivity index (χ1) is 13.5. The maximum absolute atomic E-state index is 13.1. The minimum absolute atomic E-state index is 0.0350. The molecular formula is C21H20ClN3O3. The van der Waals surface area contributed by atoms with E-state index < -0.39 is 6.04 Å². The Labute approximate surface area is 167 Å². The van der Waals surface area contributed by atoms with Crippen molar-refractivity contribution in [2.45, 2.75) is 25.8 Å². The molecule has 3 N–H and O–H groups in total. The molecule has 1 aliphatic rings. The first-order valence-corrected chi connectivity index (χ1v) is 9.56. The number of phenols is 2. The number of aromatic amines is 1. The van der Waals surface area contributed by atoms with Gasteiger partial charge in [-0.05, 0) is 42.3 Å². The Morgan fingerprint density at radius 3 is 2.79 bits per heavy atom. The summed E-state index contributed by atoms with van der Waals surface area (Å²) >= 11 is 6.13. The van der Waals surface area contributed by atoms with Crippen LogP contribution in [0.25, 0.3) is 11.3 Å². The third-order valence-electron chi connectivity index (χ3n) is 5.02. The summed E-state index contributed by atoms with van der Waals surface area (Å²) in [5.41, 5.74) is 2.81. The number of nitrogens with one attached hydrogen (secondary N) is 1. The molecule has 0 spiro atoms. The summed E-state index contributed by atoms with van der Waals surface area (Å²) in [5, 5.41) is 28.0. The molecule has 1 atom stereocenters. The highest BCUT2D eigenvalue weighted by Crippen LogP contribution is 2.45. The predicted octanol–water partition coefficient (Wildman–Crippen LogP) is 4.49. The smallest absolute Gasteiger partial charge is 0.273 e. The van der Waals surface area contributed by atoms with Crippen LogP contribution in [-0.2, 0) is 0 Å². The van der Waals surface area contributed by atoms with E-state index in [1.54, 1.807) is 35.2 Å². The largest absolute Gasteiger partial charge is 0.508 e. The van der Waals surface area contributed by atoms with Gasteiger partial charge in [0.2, 0.25) is 0 Å². The summed E-state index contributed by atoms with van der Waals surface area (Å²) in [6, 6.07) is 11.2. The second kappa shape index (κ2) is 7.20. The van der Waals surface area contributed by atoms with Crippen molar-refractivity contribution in [2.75, 3.05) is 6.54 Å². The molecule has 1 aromatic heterocycles. The van der Waals surface area contributed by atoms with Crippen LogP contribution < -0.4 is 0 Å². The third kappa shape index (κ3) is 2.99. The van der Waals surface area contributed by atoms with Crippen LogP contribution in [0.3, 0.4) is 0 Å². The van der Waals surface area contributed by atoms with Gasteiger partial charge in [-0.25, -0.2) is 0 Å². The highest BCUT2D eigenvalue weighted by Gasteiger charge is 2.42. The number of aromatic nitrogens is 2. The monoisotopic (exact) mass is 397 g/mol. The minimum Gasteiger partial charge on any atom is -0.508 e. The van der Waals surface area contributed by atoms with Gasteiger partial charge in [-0.2, -0.15) is 5.10 Å². The zero-order valence-corrected chi connectivity index (χ0v) is 16.1. The van der Waals surface area contributed by atoms with Gasteiger partial charge < -0.3 is 15.1 Å². The molecule has 3 aromatic rings. The van der Waals surface area contributed by atoms with E-state index in [0.29, 0.717) is 34.1 Å². The Bertz CT molecular complexity index is 1050. The minimum atomic E-state index is -0.409. The molecule has 0 saturated carbocycles. The van der Waals surface area contributed by atoms with Crippen LogP contribution >= 0.6 is 11.6 Å². The number of halogens is 1. The van der Waals surface area contributed by atoms with E-state index in [-0.39, 0.29) is 17.4 Å². The van der Waals surface area contributed by atoms with Crippen molar-refractivity contribution in [1.29, 1.82) is 0 Å². The van der Waals surface area contributed by atoms with Gasteiger partial charge in [-0.15, -0.1) is 0 Å². The molecular weight excluding hydrogens is 378 g/mol. The van der Waals surface area contributed by atoms with Crippen LogP contribution in [0.5, 0.6) is 11.5 Å². The first kappa shape index (κ1) is 18.4. The lowest BCUT2D eigenvalue weighted by Crippen LogP contribution is -2.30. The SMILES string of the molecule is CCCCN1C(=O)c2[nH]nc(-c3cc(Cl)ccc3O)c2C1c1cccc(O)c1. The molecule has 0 aliphatic carbocycles. The number of rotatable bonds is 5. The average molecular weight is 398 g/mol. The number of aromatic hydroxyl groups is 2. The van der Waals surface area contributed by atoms with Crippen LogP contribution in [0.2, 0.25) is 5.02 Å². The van der Waals surface area contributed by atoms with Gasteiger partial charge in [0.05, 0.1) is 6.04 Å². The van der Waals surface area contributed by atoms with E-state index >= 15 is 0 Å². The van der Waals surface area contributed by atoms with Crippen molar-refractivity contribution in [1.82, 2.24) is 15.1 Å². The summed E-state index contributed by atoms with van der Waals surface area (Å²) in [6.07, 6.45) is 1.81. The van der Waals surface area contributed by atoms with Gasteiger partial charge in [0.25, 0.3) is 5.91 Å². The van der Waals surface area contributed by atoms with Crippen molar-refractivity contribution < 1.29 is 15.0 Å². The molecule has 1 aliphatic heterocycles. The Balaban J connectivity index is 1.91. The predicted molar refractivity (Wildman–Crippen MR) is 107 cm³/mol. The molecule has 28 heavy (non-hydrogen) atoms. The second-order valence-corrected chi connectivity index (χ2v) is 7.31. The molecule has 0 bridgehead atoms. The number of hydrogen-bond acceptors (Lipinski definition) is 4. The fourth-order valence-corrected chi connectivity index (χ4v) is 3.87. The van der Waals surface area contributed by atoms with Crippen molar-refractivity contribution in [3.63, 3.8) is 0 Å². The van der Waals surface area contributed by atoms with Gasteiger partial charge in [0, 0.05) is 22.7 Å². The number of benzene rings is 2.